The number of likely N-dealkylation sites (tertiary alicyclic amines) is 1. The molecule has 1 fully saturated rings. The molecule has 2 aliphatic rings. The van der Waals surface area contributed by atoms with Crippen LogP contribution in [0, 0.1) is 16.4 Å². The molecule has 0 radical (unpaired) electrons. The lowest BCUT2D eigenvalue weighted by atomic mass is 9.95. The monoisotopic (exact) mass is 471 g/mol. The van der Waals surface area contributed by atoms with Crippen molar-refractivity contribution in [3.63, 3.8) is 0 Å². The van der Waals surface area contributed by atoms with Crippen LogP contribution in [0.15, 0.2) is 16.6 Å². The molecule has 150 valence electrons. The second kappa shape index (κ2) is 7.68. The number of H-pyrrole nitrogens is 1. The fraction of sp³-hybridized carbons (Fsp3) is 0.474. The van der Waals surface area contributed by atoms with Gasteiger partial charge in [0.2, 0.25) is 5.91 Å². The maximum Gasteiger partial charge on any atom is 0.228 e. The topological polar surface area (TPSA) is 61.3 Å². The molecule has 1 amide bonds. The van der Waals surface area contributed by atoms with E-state index < -0.39 is 11.6 Å². The summed E-state index contributed by atoms with van der Waals surface area (Å²) in [6.45, 7) is 0.961. The number of fused-ring (bicyclic) bond motifs is 1. The number of carbonyl (C=O) groups excluding carboxylic acids is 1. The molecule has 2 aromatic rings. The number of aliphatic hydroxyl groups is 1. The SMILES string of the molecule is O=C(Cc1[nH]c(=S)n2c1C[C@@H](c1c(F)ccc(Br)c1F)C2)N1CCC[C@H]1CO. The number of carbonyl (C=O) groups is 1. The van der Waals surface area contributed by atoms with E-state index in [0.717, 1.165) is 18.5 Å². The molecular formula is C19H20BrF2N3O2S. The Morgan fingerprint density at radius 3 is 2.93 bits per heavy atom. The van der Waals surface area contributed by atoms with E-state index in [1.807, 2.05) is 4.57 Å². The van der Waals surface area contributed by atoms with Crippen LogP contribution in [-0.2, 0) is 24.2 Å². The summed E-state index contributed by atoms with van der Waals surface area (Å²) in [6.07, 6.45) is 2.22. The van der Waals surface area contributed by atoms with Gasteiger partial charge in [-0.25, -0.2) is 8.78 Å². The van der Waals surface area contributed by atoms with Gasteiger partial charge in [0.15, 0.2) is 4.77 Å². The summed E-state index contributed by atoms with van der Waals surface area (Å²) < 4.78 is 31.4. The quantitative estimate of drug-likeness (QED) is 0.530. The molecule has 2 N–H and O–H groups in total. The van der Waals surface area contributed by atoms with Gasteiger partial charge in [-0.2, -0.15) is 0 Å². The van der Waals surface area contributed by atoms with Crippen molar-refractivity contribution in [2.75, 3.05) is 13.2 Å². The number of benzene rings is 1. The van der Waals surface area contributed by atoms with Crippen molar-refractivity contribution in [2.45, 2.75) is 44.2 Å². The van der Waals surface area contributed by atoms with Crippen LogP contribution in [0.3, 0.4) is 0 Å². The molecule has 1 aromatic heterocycles. The third-order valence-corrected chi connectivity index (χ3v) is 6.68. The fourth-order valence-electron chi connectivity index (χ4n) is 4.36. The van der Waals surface area contributed by atoms with Gasteiger partial charge in [0.05, 0.1) is 23.5 Å². The van der Waals surface area contributed by atoms with Crippen LogP contribution >= 0.6 is 28.1 Å². The Morgan fingerprint density at radius 1 is 1.39 bits per heavy atom. The molecule has 4 rings (SSSR count). The Balaban J connectivity index is 1.59. The predicted molar refractivity (Wildman–Crippen MR) is 106 cm³/mol. The lowest BCUT2D eigenvalue weighted by Gasteiger charge is -2.23. The van der Waals surface area contributed by atoms with E-state index in [1.165, 1.54) is 12.1 Å². The minimum atomic E-state index is -0.592. The van der Waals surface area contributed by atoms with Gasteiger partial charge in [0.25, 0.3) is 0 Å². The summed E-state index contributed by atoms with van der Waals surface area (Å²) in [5, 5.41) is 9.45. The number of aromatic nitrogens is 2. The van der Waals surface area contributed by atoms with E-state index in [2.05, 4.69) is 20.9 Å². The summed E-state index contributed by atoms with van der Waals surface area (Å²) in [5.41, 5.74) is 1.56. The Kier molecular flexibility index (Phi) is 5.41. The van der Waals surface area contributed by atoms with Crippen molar-refractivity contribution in [1.82, 2.24) is 14.5 Å². The van der Waals surface area contributed by atoms with Gasteiger partial charge < -0.3 is 19.6 Å². The first kappa shape index (κ1) is 19.7. The summed E-state index contributed by atoms with van der Waals surface area (Å²) in [6, 6.07) is 2.47. The van der Waals surface area contributed by atoms with Crippen LogP contribution in [-0.4, -0.2) is 44.7 Å². The molecule has 0 bridgehead atoms. The van der Waals surface area contributed by atoms with E-state index >= 15 is 0 Å². The van der Waals surface area contributed by atoms with Gasteiger partial charge in [0.1, 0.15) is 11.6 Å². The molecule has 0 spiro atoms. The van der Waals surface area contributed by atoms with E-state index in [9.17, 15) is 18.7 Å². The van der Waals surface area contributed by atoms with E-state index in [4.69, 9.17) is 12.2 Å². The Labute approximate surface area is 174 Å². The van der Waals surface area contributed by atoms with Gasteiger partial charge >= 0.3 is 0 Å². The molecule has 0 unspecified atom stereocenters. The minimum absolute atomic E-state index is 0.0425. The van der Waals surface area contributed by atoms with E-state index in [-0.39, 0.29) is 40.9 Å². The zero-order valence-electron chi connectivity index (χ0n) is 15.1. The molecule has 28 heavy (non-hydrogen) atoms. The summed E-state index contributed by atoms with van der Waals surface area (Å²) >= 11 is 8.49. The first-order chi connectivity index (χ1) is 13.4. The number of aromatic amines is 1. The molecule has 1 aromatic carbocycles. The van der Waals surface area contributed by atoms with Crippen LogP contribution < -0.4 is 0 Å². The highest BCUT2D eigenvalue weighted by atomic mass is 79.9. The van der Waals surface area contributed by atoms with Crippen molar-refractivity contribution in [2.24, 2.45) is 0 Å². The molecule has 0 aliphatic carbocycles. The maximum absolute atomic E-state index is 14.5. The lowest BCUT2D eigenvalue weighted by Crippen LogP contribution is -2.38. The zero-order valence-corrected chi connectivity index (χ0v) is 17.5. The Morgan fingerprint density at radius 2 is 2.18 bits per heavy atom. The first-order valence-corrected chi connectivity index (χ1v) is 10.4. The highest BCUT2D eigenvalue weighted by Crippen LogP contribution is 2.36. The molecule has 3 heterocycles. The van der Waals surface area contributed by atoms with Crippen molar-refractivity contribution in [3.05, 3.63) is 50.0 Å². The average Bonchev–Trinajstić information content (AvgIpc) is 3.36. The second-order valence-corrected chi connectivity index (χ2v) is 8.61. The third kappa shape index (κ3) is 3.33. The molecule has 2 atom stereocenters. The van der Waals surface area contributed by atoms with E-state index in [0.29, 0.717) is 30.0 Å². The third-order valence-electron chi connectivity index (χ3n) is 5.74. The summed E-state index contributed by atoms with van der Waals surface area (Å²) in [5.74, 6) is -1.62. The van der Waals surface area contributed by atoms with Crippen LogP contribution in [0.1, 0.15) is 35.7 Å². The van der Waals surface area contributed by atoms with Gasteiger partial charge in [-0.15, -0.1) is 0 Å². The minimum Gasteiger partial charge on any atom is -0.394 e. The number of hydrogen-bond donors (Lipinski definition) is 2. The molecule has 0 saturated carbocycles. The smallest absolute Gasteiger partial charge is 0.228 e. The number of rotatable bonds is 4. The van der Waals surface area contributed by atoms with Crippen LogP contribution in [0.4, 0.5) is 8.78 Å². The highest BCUT2D eigenvalue weighted by Gasteiger charge is 2.33. The number of hydrogen-bond acceptors (Lipinski definition) is 3. The van der Waals surface area contributed by atoms with Crippen LogP contribution in [0.5, 0.6) is 0 Å². The Bertz CT molecular complexity index is 990. The van der Waals surface area contributed by atoms with E-state index in [1.54, 1.807) is 4.90 Å². The van der Waals surface area contributed by atoms with Crippen molar-refractivity contribution in [1.29, 1.82) is 0 Å². The fourth-order valence-corrected chi connectivity index (χ4v) is 5.02. The number of nitrogens with zero attached hydrogens (tertiary/aromatic N) is 2. The summed E-state index contributed by atoms with van der Waals surface area (Å²) in [4.78, 5) is 17.5. The van der Waals surface area contributed by atoms with Crippen molar-refractivity contribution >= 4 is 34.1 Å². The molecule has 9 heteroatoms. The van der Waals surface area contributed by atoms with Crippen LogP contribution in [0.25, 0.3) is 0 Å². The molecule has 1 saturated heterocycles. The molecule has 5 nitrogen and oxygen atoms in total. The molecular weight excluding hydrogens is 452 g/mol. The highest BCUT2D eigenvalue weighted by molar-refractivity contribution is 9.10. The number of nitrogens with one attached hydrogen (secondary N) is 1. The second-order valence-electron chi connectivity index (χ2n) is 7.37. The van der Waals surface area contributed by atoms with Gasteiger partial charge in [-0.05, 0) is 59.5 Å². The van der Waals surface area contributed by atoms with Crippen LogP contribution in [0.2, 0.25) is 0 Å². The average molecular weight is 472 g/mol. The normalized spacial score (nSPS) is 21.4. The number of aliphatic hydroxyl groups excluding tert-OH is 1. The largest absolute Gasteiger partial charge is 0.394 e. The number of imidazole rings is 1. The number of amides is 1. The van der Waals surface area contributed by atoms with Gasteiger partial charge in [-0.3, -0.25) is 4.79 Å². The maximum atomic E-state index is 14.5. The zero-order chi connectivity index (χ0) is 20.0. The summed E-state index contributed by atoms with van der Waals surface area (Å²) in [7, 11) is 0. The van der Waals surface area contributed by atoms with Gasteiger partial charge in [-0.1, -0.05) is 0 Å². The Hall–Kier alpha value is -1.58. The number of halogens is 3. The first-order valence-electron chi connectivity index (χ1n) is 9.25. The predicted octanol–water partition coefficient (Wildman–Crippen LogP) is 3.45. The van der Waals surface area contributed by atoms with Crippen molar-refractivity contribution in [3.8, 4) is 0 Å². The molecule has 2 aliphatic heterocycles. The van der Waals surface area contributed by atoms with Crippen molar-refractivity contribution < 1.29 is 18.7 Å². The van der Waals surface area contributed by atoms with Gasteiger partial charge in [0, 0.05) is 36.0 Å². The standard InChI is InChI=1S/C19H20BrF2N3O2S/c20-12-3-4-13(21)17(18(12)22)10-6-15-14(23-19(28)25(15)8-10)7-16(27)24-5-1-2-11(24)9-26/h3-4,10-11,26H,1-2,5-9H2,(H,23,28)/t10-,11+/m1/s1. The lowest BCUT2D eigenvalue weighted by molar-refractivity contribution is -0.132.